The minimum Gasteiger partial charge on any atom is -0.336 e. The van der Waals surface area contributed by atoms with E-state index in [1.165, 1.54) is 6.20 Å². The number of hydrogen-bond donors (Lipinski definition) is 2. The molecule has 1 aromatic rings. The molecular weight excluding hydrogens is 194 g/mol. The maximum absolute atomic E-state index is 11.9. The Morgan fingerprint density at radius 2 is 2.53 bits per heavy atom. The van der Waals surface area contributed by atoms with Gasteiger partial charge >= 0.3 is 0 Å². The molecule has 0 bridgehead atoms. The second kappa shape index (κ2) is 4.39. The lowest BCUT2D eigenvalue weighted by Crippen LogP contribution is -2.46. The molecule has 0 saturated carbocycles. The summed E-state index contributed by atoms with van der Waals surface area (Å²) in [6.07, 6.45) is 3.61. The third-order valence-corrected chi connectivity index (χ3v) is 2.77. The summed E-state index contributed by atoms with van der Waals surface area (Å²) in [6, 6.07) is 0.267. The maximum atomic E-state index is 11.9. The number of H-pyrrole nitrogens is 1. The zero-order valence-corrected chi connectivity index (χ0v) is 8.73. The number of aromatic amines is 1. The molecule has 2 rings (SSSR count). The minimum absolute atomic E-state index is 0.0718. The number of carbonyl (C=O) groups is 1. The molecular formula is C9H15N5O. The van der Waals surface area contributed by atoms with Gasteiger partial charge in [0.15, 0.2) is 5.69 Å². The molecule has 0 radical (unpaired) electrons. The highest BCUT2D eigenvalue weighted by Crippen LogP contribution is 2.10. The number of aromatic nitrogens is 3. The van der Waals surface area contributed by atoms with Crippen molar-refractivity contribution in [1.82, 2.24) is 25.6 Å². The Balaban J connectivity index is 2.00. The Morgan fingerprint density at radius 1 is 1.67 bits per heavy atom. The lowest BCUT2D eigenvalue weighted by Gasteiger charge is -2.31. The summed E-state index contributed by atoms with van der Waals surface area (Å²) in [5.74, 6) is -0.0718. The third-order valence-electron chi connectivity index (χ3n) is 2.77. The second-order valence-corrected chi connectivity index (χ2v) is 3.77. The van der Waals surface area contributed by atoms with Gasteiger partial charge in [0.25, 0.3) is 5.91 Å². The molecule has 1 fully saturated rings. The average molecular weight is 209 g/mol. The highest BCUT2D eigenvalue weighted by Gasteiger charge is 2.23. The van der Waals surface area contributed by atoms with Crippen molar-refractivity contribution in [3.8, 4) is 0 Å². The van der Waals surface area contributed by atoms with Crippen molar-refractivity contribution in [2.45, 2.75) is 18.9 Å². The molecule has 1 unspecified atom stereocenters. The Bertz CT molecular complexity index is 317. The van der Waals surface area contributed by atoms with Crippen molar-refractivity contribution < 1.29 is 4.79 Å². The first-order valence-electron chi connectivity index (χ1n) is 5.12. The van der Waals surface area contributed by atoms with E-state index in [1.54, 1.807) is 4.90 Å². The van der Waals surface area contributed by atoms with E-state index in [2.05, 4.69) is 20.7 Å². The van der Waals surface area contributed by atoms with Crippen molar-refractivity contribution in [2.75, 3.05) is 20.1 Å². The Kier molecular flexibility index (Phi) is 2.96. The predicted molar refractivity (Wildman–Crippen MR) is 54.4 cm³/mol. The quantitative estimate of drug-likeness (QED) is 0.697. The molecule has 6 heteroatoms. The van der Waals surface area contributed by atoms with E-state index in [9.17, 15) is 4.79 Å². The highest BCUT2D eigenvalue weighted by atomic mass is 16.2. The number of rotatable bonds is 2. The average Bonchev–Trinajstić information content (AvgIpc) is 2.82. The molecule has 1 atom stereocenters. The number of nitrogens with one attached hydrogen (secondary N) is 2. The van der Waals surface area contributed by atoms with Crippen LogP contribution in [0, 0.1) is 0 Å². The SMILES string of the molecule is CN(C(=O)c1cn[nH]n1)C1CCCNC1. The lowest BCUT2D eigenvalue weighted by molar-refractivity contribution is 0.0702. The molecule has 2 N–H and O–H groups in total. The van der Waals surface area contributed by atoms with Crippen LogP contribution in [0.4, 0.5) is 0 Å². The first-order valence-corrected chi connectivity index (χ1v) is 5.12. The number of amides is 1. The van der Waals surface area contributed by atoms with Crippen LogP contribution in [-0.4, -0.2) is 52.4 Å². The molecule has 0 aliphatic carbocycles. The van der Waals surface area contributed by atoms with Gasteiger partial charge in [-0.1, -0.05) is 0 Å². The van der Waals surface area contributed by atoms with Gasteiger partial charge in [-0.15, -0.1) is 0 Å². The molecule has 0 spiro atoms. The molecule has 1 saturated heterocycles. The summed E-state index contributed by atoms with van der Waals surface area (Å²) in [4.78, 5) is 13.6. The smallest absolute Gasteiger partial charge is 0.276 e. The van der Waals surface area contributed by atoms with Gasteiger partial charge in [-0.3, -0.25) is 4.79 Å². The van der Waals surface area contributed by atoms with Crippen LogP contribution >= 0.6 is 0 Å². The number of hydrogen-bond acceptors (Lipinski definition) is 4. The summed E-state index contributed by atoms with van der Waals surface area (Å²) < 4.78 is 0. The van der Waals surface area contributed by atoms with Gasteiger partial charge in [0.1, 0.15) is 0 Å². The molecule has 2 heterocycles. The van der Waals surface area contributed by atoms with Crippen LogP contribution in [0.5, 0.6) is 0 Å². The molecule has 6 nitrogen and oxygen atoms in total. The first kappa shape index (κ1) is 10.1. The van der Waals surface area contributed by atoms with Crippen molar-refractivity contribution in [1.29, 1.82) is 0 Å². The summed E-state index contributed by atoms with van der Waals surface area (Å²) in [5.41, 5.74) is 0.378. The van der Waals surface area contributed by atoms with Gasteiger partial charge in [0.05, 0.1) is 6.20 Å². The fourth-order valence-electron chi connectivity index (χ4n) is 1.82. The summed E-state index contributed by atoms with van der Waals surface area (Å²) >= 11 is 0. The van der Waals surface area contributed by atoms with Crippen LogP contribution in [0.15, 0.2) is 6.20 Å². The van der Waals surface area contributed by atoms with E-state index < -0.39 is 0 Å². The van der Waals surface area contributed by atoms with E-state index in [0.29, 0.717) is 5.69 Å². The van der Waals surface area contributed by atoms with Crippen LogP contribution in [-0.2, 0) is 0 Å². The topological polar surface area (TPSA) is 73.9 Å². The van der Waals surface area contributed by atoms with Crippen LogP contribution < -0.4 is 5.32 Å². The Morgan fingerprint density at radius 3 is 3.13 bits per heavy atom. The third kappa shape index (κ3) is 2.15. The Labute approximate surface area is 88.0 Å². The van der Waals surface area contributed by atoms with Crippen molar-refractivity contribution >= 4 is 5.91 Å². The van der Waals surface area contributed by atoms with E-state index in [4.69, 9.17) is 0 Å². The normalized spacial score (nSPS) is 21.3. The fraction of sp³-hybridized carbons (Fsp3) is 0.667. The number of nitrogens with zero attached hydrogens (tertiary/aromatic N) is 3. The number of piperidine rings is 1. The molecule has 0 aromatic carbocycles. The van der Waals surface area contributed by atoms with Gasteiger partial charge in [-0.2, -0.15) is 15.4 Å². The number of likely N-dealkylation sites (N-methyl/N-ethyl adjacent to an activating group) is 1. The fourth-order valence-corrected chi connectivity index (χ4v) is 1.82. The second-order valence-electron chi connectivity index (χ2n) is 3.77. The summed E-state index contributed by atoms with van der Waals surface area (Å²) in [7, 11) is 1.81. The highest BCUT2D eigenvalue weighted by molar-refractivity contribution is 5.91. The lowest BCUT2D eigenvalue weighted by atomic mass is 10.1. The molecule has 1 aliphatic rings. The minimum atomic E-state index is -0.0718. The standard InChI is InChI=1S/C9H15N5O/c1-14(7-3-2-4-10-5-7)9(15)8-6-11-13-12-8/h6-7,10H,2-5H2,1H3,(H,11,12,13). The molecule has 1 aromatic heterocycles. The van der Waals surface area contributed by atoms with E-state index >= 15 is 0 Å². The van der Waals surface area contributed by atoms with Crippen LogP contribution in [0.2, 0.25) is 0 Å². The van der Waals surface area contributed by atoms with Crippen molar-refractivity contribution in [2.24, 2.45) is 0 Å². The zero-order valence-electron chi connectivity index (χ0n) is 8.73. The van der Waals surface area contributed by atoms with Gasteiger partial charge in [-0.25, -0.2) is 0 Å². The van der Waals surface area contributed by atoms with Crippen molar-refractivity contribution in [3.05, 3.63) is 11.9 Å². The van der Waals surface area contributed by atoms with Gasteiger partial charge in [0.2, 0.25) is 0 Å². The molecule has 15 heavy (non-hydrogen) atoms. The van der Waals surface area contributed by atoms with Crippen molar-refractivity contribution in [3.63, 3.8) is 0 Å². The van der Waals surface area contributed by atoms with Gasteiger partial charge in [-0.05, 0) is 19.4 Å². The van der Waals surface area contributed by atoms with Crippen LogP contribution in [0.25, 0.3) is 0 Å². The van der Waals surface area contributed by atoms with Crippen LogP contribution in [0.1, 0.15) is 23.3 Å². The Hall–Kier alpha value is -1.43. The first-order chi connectivity index (χ1) is 7.29. The van der Waals surface area contributed by atoms with Gasteiger partial charge in [0, 0.05) is 19.6 Å². The monoisotopic (exact) mass is 209 g/mol. The number of carbonyl (C=O) groups excluding carboxylic acids is 1. The van der Waals surface area contributed by atoms with E-state index in [0.717, 1.165) is 25.9 Å². The molecule has 1 amide bonds. The van der Waals surface area contributed by atoms with E-state index in [1.807, 2.05) is 7.05 Å². The zero-order chi connectivity index (χ0) is 10.7. The molecule has 1 aliphatic heterocycles. The summed E-state index contributed by atoms with van der Waals surface area (Å²) in [6.45, 7) is 1.91. The predicted octanol–water partition coefficient (Wildman–Crippen LogP) is -0.371. The largest absolute Gasteiger partial charge is 0.336 e. The van der Waals surface area contributed by atoms with E-state index in [-0.39, 0.29) is 11.9 Å². The maximum Gasteiger partial charge on any atom is 0.276 e. The summed E-state index contributed by atoms with van der Waals surface area (Å²) in [5, 5.41) is 13.1. The molecule has 82 valence electrons. The van der Waals surface area contributed by atoms with Gasteiger partial charge < -0.3 is 10.2 Å². The van der Waals surface area contributed by atoms with Crippen LogP contribution in [0.3, 0.4) is 0 Å².